The minimum absolute atomic E-state index is 0.0204. The summed E-state index contributed by atoms with van der Waals surface area (Å²) < 4.78 is 5.31. The van der Waals surface area contributed by atoms with Crippen LogP contribution in [0.2, 0.25) is 0 Å². The van der Waals surface area contributed by atoms with Crippen LogP contribution in [0.3, 0.4) is 0 Å². The van der Waals surface area contributed by atoms with Gasteiger partial charge in [-0.2, -0.15) is 0 Å². The number of amides is 1. The number of ketones is 2. The van der Waals surface area contributed by atoms with Crippen molar-refractivity contribution in [3.8, 4) is 0 Å². The predicted octanol–water partition coefficient (Wildman–Crippen LogP) is 5.84. The van der Waals surface area contributed by atoms with E-state index in [1.807, 2.05) is 21.6 Å². The van der Waals surface area contributed by atoms with Crippen LogP contribution in [-0.4, -0.2) is 76.3 Å². The quantitative estimate of drug-likeness (QED) is 0.0238. The van der Waals surface area contributed by atoms with E-state index in [0.717, 1.165) is 19.3 Å². The van der Waals surface area contributed by atoms with Crippen molar-refractivity contribution in [2.24, 2.45) is 11.0 Å². The minimum Gasteiger partial charge on any atom is -0.461 e. The number of azide groups is 1. The number of ether oxygens (including phenoxy) is 1. The maximum absolute atomic E-state index is 13.1. The Morgan fingerprint density at radius 1 is 1.06 bits per heavy atom. The van der Waals surface area contributed by atoms with Gasteiger partial charge >= 0.3 is 13.1 Å². The summed E-state index contributed by atoms with van der Waals surface area (Å²) >= 11 is 0. The lowest BCUT2D eigenvalue weighted by molar-refractivity contribution is -0.128. The van der Waals surface area contributed by atoms with Crippen molar-refractivity contribution in [2.75, 3.05) is 30.4 Å². The summed E-state index contributed by atoms with van der Waals surface area (Å²) in [4.78, 5) is 53.4. The number of hydrogen-bond acceptors (Lipinski definition) is 12. The summed E-state index contributed by atoms with van der Waals surface area (Å²) in [5.74, 6) is 0.925. The molecule has 0 aliphatic carbocycles. The van der Waals surface area contributed by atoms with Crippen LogP contribution in [0, 0.1) is 5.92 Å². The van der Waals surface area contributed by atoms with E-state index in [0.29, 0.717) is 58.4 Å². The van der Waals surface area contributed by atoms with E-state index >= 15 is 0 Å². The van der Waals surface area contributed by atoms with Crippen molar-refractivity contribution in [1.82, 2.24) is 5.32 Å². The van der Waals surface area contributed by atoms with Gasteiger partial charge in [-0.05, 0) is 54.4 Å². The third-order valence-electron chi connectivity index (χ3n) is 7.40. The summed E-state index contributed by atoms with van der Waals surface area (Å²) in [5, 5.41) is 25.7. The highest BCUT2D eigenvalue weighted by atomic mass is 33.1. The van der Waals surface area contributed by atoms with Gasteiger partial charge in [0, 0.05) is 65.3 Å². The van der Waals surface area contributed by atoms with Gasteiger partial charge in [-0.3, -0.25) is 14.4 Å². The number of benzene rings is 2. The van der Waals surface area contributed by atoms with Crippen molar-refractivity contribution in [3.63, 3.8) is 0 Å². The van der Waals surface area contributed by atoms with Crippen LogP contribution >= 0.6 is 43.2 Å². The van der Waals surface area contributed by atoms with Crippen LogP contribution < -0.4 is 10.8 Å². The molecule has 0 spiro atoms. The van der Waals surface area contributed by atoms with E-state index in [2.05, 4.69) is 15.3 Å². The molecule has 2 atom stereocenters. The maximum atomic E-state index is 13.1. The first-order chi connectivity index (χ1) is 23.2. The van der Waals surface area contributed by atoms with Gasteiger partial charge < -0.3 is 20.1 Å². The van der Waals surface area contributed by atoms with E-state index in [-0.39, 0.29) is 43.3 Å². The Balaban J connectivity index is 1.40. The zero-order valence-corrected chi connectivity index (χ0v) is 29.9. The van der Waals surface area contributed by atoms with Crippen molar-refractivity contribution in [2.45, 2.75) is 63.0 Å². The van der Waals surface area contributed by atoms with E-state index in [9.17, 15) is 29.2 Å². The molecule has 48 heavy (non-hydrogen) atoms. The van der Waals surface area contributed by atoms with Crippen molar-refractivity contribution >= 4 is 84.9 Å². The molecule has 1 amide bonds. The monoisotopic (exact) mass is 732 g/mol. The molecule has 3 N–H and O–H groups in total. The molecule has 0 saturated carbocycles. The Morgan fingerprint density at radius 2 is 1.85 bits per heavy atom. The Labute approximate surface area is 297 Å². The largest absolute Gasteiger partial charge is 0.488 e. The van der Waals surface area contributed by atoms with Crippen LogP contribution in [0.1, 0.15) is 67.3 Å². The highest BCUT2D eigenvalue weighted by Gasteiger charge is 2.23. The molecule has 3 rings (SSSR count). The zero-order chi connectivity index (χ0) is 34.6. The molecule has 258 valence electrons. The summed E-state index contributed by atoms with van der Waals surface area (Å²) in [6, 6.07) is 12.7. The first-order valence-electron chi connectivity index (χ1n) is 15.9. The van der Waals surface area contributed by atoms with Crippen molar-refractivity contribution < 1.29 is 34.0 Å². The van der Waals surface area contributed by atoms with E-state index < -0.39 is 19.0 Å². The van der Waals surface area contributed by atoms with E-state index in [1.165, 1.54) is 58.0 Å². The highest BCUT2D eigenvalue weighted by Crippen LogP contribution is 2.40. The average Bonchev–Trinajstić information content (AvgIpc) is 3.60. The molecule has 1 aliphatic rings. The summed E-state index contributed by atoms with van der Waals surface area (Å²) in [6.45, 7) is 0.473. The maximum Gasteiger partial charge on any atom is 0.488 e. The fourth-order valence-electron chi connectivity index (χ4n) is 4.84. The van der Waals surface area contributed by atoms with Crippen molar-refractivity contribution in [3.05, 3.63) is 70.1 Å². The molecule has 2 aromatic rings. The second kappa shape index (κ2) is 22.9. The fourth-order valence-corrected chi connectivity index (χ4v) is 10.0. The zero-order valence-electron chi connectivity index (χ0n) is 26.7. The topological polar surface area (TPSA) is 179 Å². The number of esters is 1. The smallest absolute Gasteiger partial charge is 0.461 e. The minimum atomic E-state index is -1.60. The number of nitrogens with one attached hydrogen (secondary N) is 1. The van der Waals surface area contributed by atoms with Crippen LogP contribution in [-0.2, 0) is 25.5 Å². The van der Waals surface area contributed by atoms with Gasteiger partial charge in [-0.25, -0.2) is 4.79 Å². The molecule has 1 fully saturated rings. The molecular weight excluding hydrogens is 691 g/mol. The molecule has 0 aromatic heterocycles. The normalized spacial score (nSPS) is 14.5. The molecule has 0 radical (unpaired) electrons. The summed E-state index contributed by atoms with van der Waals surface area (Å²) in [6.07, 6.45) is 5.63. The van der Waals surface area contributed by atoms with Gasteiger partial charge in [0.25, 0.3) is 0 Å². The lowest BCUT2D eigenvalue weighted by atomic mass is 9.79. The van der Waals surface area contributed by atoms with Gasteiger partial charge in [0.05, 0.1) is 11.5 Å². The Hall–Kier alpha value is -2.59. The molecule has 16 heteroatoms. The van der Waals surface area contributed by atoms with Crippen LogP contribution in [0.4, 0.5) is 5.69 Å². The SMILES string of the molecule is [N-]=[N+]=Nc1ccc(C(=O)OCCSSCC(CC(=O)CCCC[C@@H]2CCSS2)C(=O)NCCCC(=O)Cc2cccc(B(O)O)c2)cc1. The second-order valence-electron chi connectivity index (χ2n) is 11.2. The molecule has 1 aliphatic heterocycles. The van der Waals surface area contributed by atoms with E-state index in [1.54, 1.807) is 24.3 Å². The van der Waals surface area contributed by atoms with Gasteiger partial charge in [-0.15, -0.1) is 0 Å². The highest BCUT2D eigenvalue weighted by molar-refractivity contribution is 8.77. The number of rotatable bonds is 23. The molecule has 11 nitrogen and oxygen atoms in total. The van der Waals surface area contributed by atoms with Crippen LogP contribution in [0.25, 0.3) is 10.4 Å². The molecule has 2 aromatic carbocycles. The lowest BCUT2D eigenvalue weighted by Crippen LogP contribution is -2.34. The number of carbonyl (C=O) groups excluding carboxylic acids is 4. The summed E-state index contributed by atoms with van der Waals surface area (Å²) in [5.41, 5.74) is 10.3. The standard InChI is InChI=1S/C32H41BN4O7S4/c34-37-36-27-12-10-24(11-13-27)32(41)44-16-18-45-47-22-25(21-29(39)7-1-2-9-30-14-17-46-48-30)31(40)35-15-4-8-28(38)20-23-5-3-6-26(19-23)33(42)43/h3,5-6,10-13,19,25,30,42-43H,1-2,4,7-9,14-18,20-22H2,(H,35,40)/t25?,30-/m1/s1. The predicted molar refractivity (Wildman–Crippen MR) is 198 cm³/mol. The van der Waals surface area contributed by atoms with Crippen LogP contribution in [0.15, 0.2) is 53.6 Å². The Bertz CT molecular complexity index is 1390. The summed E-state index contributed by atoms with van der Waals surface area (Å²) in [7, 11) is 5.16. The molecule has 1 unspecified atom stereocenters. The van der Waals surface area contributed by atoms with Gasteiger partial charge in [-0.1, -0.05) is 91.1 Å². The van der Waals surface area contributed by atoms with Crippen LogP contribution in [0.5, 0.6) is 0 Å². The lowest BCUT2D eigenvalue weighted by Gasteiger charge is -2.16. The number of unbranched alkanes of at least 4 members (excludes halogenated alkanes) is 1. The fraction of sp³-hybridized carbons (Fsp3) is 0.500. The molecule has 0 bridgehead atoms. The molecular formula is C32H41BN4O7S4. The van der Waals surface area contributed by atoms with Crippen molar-refractivity contribution in [1.29, 1.82) is 0 Å². The number of hydrogen-bond donors (Lipinski definition) is 3. The Kier molecular flexibility index (Phi) is 19.0. The molecule has 1 saturated heterocycles. The third-order valence-corrected chi connectivity index (χ3v) is 12.9. The van der Waals surface area contributed by atoms with Gasteiger partial charge in [0.15, 0.2) is 0 Å². The second-order valence-corrected chi connectivity index (χ2v) is 16.6. The number of carbonyl (C=O) groups is 4. The van der Waals surface area contributed by atoms with Gasteiger partial charge in [0.2, 0.25) is 5.91 Å². The number of Topliss-reactive ketones (excluding diaryl/α,β-unsaturated/α-hetero) is 2. The van der Waals surface area contributed by atoms with Gasteiger partial charge in [0.1, 0.15) is 18.2 Å². The first kappa shape index (κ1) is 39.8. The Morgan fingerprint density at radius 3 is 2.58 bits per heavy atom. The van der Waals surface area contributed by atoms with E-state index in [4.69, 9.17) is 10.3 Å². The average molecular weight is 733 g/mol. The number of nitrogens with zero attached hydrogens (tertiary/aromatic N) is 3. The first-order valence-corrected chi connectivity index (χ1v) is 20.7. The molecule has 1 heterocycles. The third kappa shape index (κ3) is 15.8.